The molecule has 600 valence electrons. The predicted octanol–water partition coefficient (Wildman–Crippen LogP) is 11.9. The van der Waals surface area contributed by atoms with E-state index < -0.39 is 91.1 Å². The number of carboxylic acids is 6. The second kappa shape index (κ2) is 48.9. The molecule has 3 saturated heterocycles. The number of thioether (sulfide) groups is 3. The molecule has 0 amide bonds. The van der Waals surface area contributed by atoms with Crippen LogP contribution in [0.2, 0.25) is 0 Å². The number of aliphatic hydroxyl groups excluding tert-OH is 2. The maximum atomic E-state index is 11.2. The number of aromatic hydroxyl groups is 2. The highest BCUT2D eigenvalue weighted by Gasteiger charge is 2.48. The minimum atomic E-state index is -1.02. The molecular weight excluding hydrogens is 1510 g/mol. The highest BCUT2D eigenvalue weighted by molar-refractivity contribution is 8.01. The number of thiol groups is 3. The molecule has 3 aliphatic rings. The minimum Gasteiger partial charge on any atom is -0.508 e. The first-order valence-corrected chi connectivity index (χ1v) is 36.1. The first-order chi connectivity index (χ1) is 48.6. The van der Waals surface area contributed by atoms with Crippen molar-refractivity contribution in [3.8, 4) is 11.5 Å². The van der Waals surface area contributed by atoms with Crippen LogP contribution in [0.25, 0.3) is 0 Å². The molecule has 0 bridgehead atoms. The summed E-state index contributed by atoms with van der Waals surface area (Å²) in [5, 5.41) is 97.9. The second-order valence-electron chi connectivity index (χ2n) is 26.6. The van der Waals surface area contributed by atoms with Crippen molar-refractivity contribution in [3.05, 3.63) is 202 Å². The molecule has 3 unspecified atom stereocenters. The van der Waals surface area contributed by atoms with E-state index >= 15 is 0 Å². The van der Waals surface area contributed by atoms with Gasteiger partial charge in [-0.25, -0.2) is 0 Å². The molecule has 6 aromatic carbocycles. The summed E-state index contributed by atoms with van der Waals surface area (Å²) in [6, 6.07) is 42.5. The Balaban J connectivity index is -0.00000116. The minimum absolute atomic E-state index is 0. The van der Waals surface area contributed by atoms with Gasteiger partial charge in [-0.3, -0.25) is 59.1 Å². The number of hydrogen-bond acceptors (Lipinski definition) is 25. The summed E-state index contributed by atoms with van der Waals surface area (Å²) in [5.41, 5.74) is 21.9. The van der Waals surface area contributed by atoms with Crippen LogP contribution in [-0.4, -0.2) is 170 Å². The highest BCUT2D eigenvalue weighted by Crippen LogP contribution is 2.49. The molecule has 31 heteroatoms. The summed E-state index contributed by atoms with van der Waals surface area (Å²) in [5.74, 6) is -5.29. The van der Waals surface area contributed by atoms with E-state index in [2.05, 4.69) is 53.8 Å². The van der Waals surface area contributed by atoms with Crippen molar-refractivity contribution in [1.82, 2.24) is 16.0 Å². The van der Waals surface area contributed by atoms with E-state index in [1.54, 1.807) is 138 Å². The Labute approximate surface area is 664 Å². The van der Waals surface area contributed by atoms with Gasteiger partial charge in [-0.05, 0) is 124 Å². The quantitative estimate of drug-likeness (QED) is 0.0298. The lowest BCUT2D eigenvalue weighted by atomic mass is 10.0. The lowest BCUT2D eigenvalue weighted by molar-refractivity contribution is -0.140. The Morgan fingerprint density at radius 3 is 0.954 bits per heavy atom. The monoisotopic (exact) mass is 1620 g/mol. The summed E-state index contributed by atoms with van der Waals surface area (Å²) in [7, 11) is 0. The molecule has 0 radical (unpaired) electrons. The van der Waals surface area contributed by atoms with Crippen molar-refractivity contribution >= 4 is 128 Å². The van der Waals surface area contributed by atoms with E-state index in [0.29, 0.717) is 17.4 Å². The van der Waals surface area contributed by atoms with Gasteiger partial charge in [0.15, 0.2) is 6.29 Å². The van der Waals surface area contributed by atoms with Gasteiger partial charge in [-0.1, -0.05) is 162 Å². The van der Waals surface area contributed by atoms with Crippen LogP contribution in [0, 0.1) is 0 Å². The first-order valence-electron chi connectivity index (χ1n) is 32.1. The Morgan fingerprint density at radius 1 is 0.417 bits per heavy atom. The van der Waals surface area contributed by atoms with Crippen LogP contribution >= 0.6 is 73.2 Å². The number of benzene rings is 6. The third-order valence-corrected chi connectivity index (χ3v) is 20.5. The first kappa shape index (κ1) is 105. The molecule has 3 aliphatic heterocycles. The van der Waals surface area contributed by atoms with Crippen LogP contribution in [0.3, 0.4) is 0 Å². The average molecular weight is 1620 g/mol. The summed E-state index contributed by atoms with van der Waals surface area (Å²) < 4.78 is -2.97. The van der Waals surface area contributed by atoms with Crippen molar-refractivity contribution in [2.45, 2.75) is 199 Å². The van der Waals surface area contributed by atoms with Gasteiger partial charge < -0.3 is 68.3 Å². The van der Waals surface area contributed by atoms with E-state index in [0.717, 1.165) is 46.0 Å². The molecule has 3 fully saturated rings. The average Bonchev–Trinajstić information content (AvgIpc) is 1.66. The smallest absolute Gasteiger partial charge is 0.322 e. The Bertz CT molecular complexity index is 3640. The van der Waals surface area contributed by atoms with Gasteiger partial charge in [0, 0.05) is 45.2 Å². The number of carbonyl (C=O) groups is 9. The Hall–Kier alpha value is -7.47. The van der Waals surface area contributed by atoms with E-state index in [9.17, 15) is 53.4 Å². The van der Waals surface area contributed by atoms with Crippen LogP contribution in [0.5, 0.6) is 11.5 Å². The number of aliphatic carboxylic acids is 6. The summed E-state index contributed by atoms with van der Waals surface area (Å²) in [6.45, 7) is 21.6. The lowest BCUT2D eigenvalue weighted by Crippen LogP contribution is -2.45. The number of hydrogen-bond donors (Lipinski definition) is 19. The maximum Gasteiger partial charge on any atom is 0.322 e. The van der Waals surface area contributed by atoms with Crippen molar-refractivity contribution in [3.63, 3.8) is 0 Å². The van der Waals surface area contributed by atoms with Crippen molar-refractivity contribution in [2.24, 2.45) is 17.2 Å². The molecule has 0 spiro atoms. The maximum absolute atomic E-state index is 11.2. The van der Waals surface area contributed by atoms with E-state index in [4.69, 9.17) is 58.1 Å². The fourth-order valence-corrected chi connectivity index (χ4v) is 13.3. The molecule has 0 saturated carbocycles. The van der Waals surface area contributed by atoms with Gasteiger partial charge in [-0.2, -0.15) is 37.9 Å². The zero-order valence-corrected chi connectivity index (χ0v) is 65.4. The fourth-order valence-electron chi connectivity index (χ4n) is 8.72. The highest BCUT2D eigenvalue weighted by atomic mass is 32.2. The molecule has 9 rings (SSSR count). The van der Waals surface area contributed by atoms with Crippen molar-refractivity contribution < 1.29 is 94.2 Å². The predicted molar refractivity (Wildman–Crippen MR) is 443 cm³/mol. The molecule has 3 heterocycles. The number of carbonyl (C=O) groups excluding carboxylic acids is 3. The number of phenolic OH excluding ortho intramolecular Hbond substituents is 2. The van der Waals surface area contributed by atoms with E-state index in [1.807, 2.05) is 120 Å². The molecule has 6 aromatic rings. The van der Waals surface area contributed by atoms with Gasteiger partial charge in [0.05, 0.1) is 34.9 Å². The van der Waals surface area contributed by atoms with Crippen LogP contribution in [-0.2, 0) is 42.0 Å². The number of rotatable bonds is 17. The standard InChI is InChI=1S/C13H17NO3S.C12H15NO3S.C12H15NO2S.C8H8O2.C7H6O2.C7H6O.3C5H11NO2S.3CH4/c1-13(2)10(12(16)17)14-11(18-13)9-5-3-8(7-15)4-6-9;1-12(2)9(11(15)16)13-10(17-12)7-5-3-4-6-8(7)14;1-12(2)9(11(14)15)13-10(16-12)8-6-4-3-5-7-8;9-5-7-1-2-8(6-10)4-3-7;8-5-6-3-1-2-4-7(6)9;8-6-7-4-2-1-3-5-7;3*1-5(2,9)3(6)4(7)8;;;/h3-6,10-11,14-15H,7H2,1-2H3,(H,16,17);3-6,9-10,13-14H,1-2H3,(H,15,16);3-7,9-10,13H,1-2H3,(H,14,15);1-5,10H,6H2;1-5,9H;1-6H;3*3,9H,6H2,1-2H3,(H,7,8);3*1H4/t10-,11?;2*9-,10?;;;;3*3-;;;/m000...000.../s1. The third-order valence-electron chi connectivity index (χ3n) is 15.2. The number of nitrogens with two attached hydrogens (primary N) is 3. The van der Waals surface area contributed by atoms with Crippen LogP contribution in [0.4, 0.5) is 0 Å². The number of aliphatic hydroxyl groups is 2. The van der Waals surface area contributed by atoms with E-state index in [-0.39, 0.29) is 72.6 Å². The molecule has 19 N–H and O–H groups in total. The Morgan fingerprint density at radius 2 is 0.694 bits per heavy atom. The topological polar surface area (TPSA) is 470 Å². The zero-order valence-electron chi connectivity index (χ0n) is 60.3. The van der Waals surface area contributed by atoms with Crippen LogP contribution in [0.15, 0.2) is 158 Å². The molecule has 108 heavy (non-hydrogen) atoms. The third kappa shape index (κ3) is 36.8. The number of phenols is 2. The molecule has 9 atom stereocenters. The van der Waals surface area contributed by atoms with Crippen molar-refractivity contribution in [2.75, 3.05) is 0 Å². The fraction of sp³-hybridized carbons (Fsp3) is 0.416. The largest absolute Gasteiger partial charge is 0.508 e. The van der Waals surface area contributed by atoms with Gasteiger partial charge >= 0.3 is 35.8 Å². The number of nitrogens with one attached hydrogen (secondary N) is 3. The summed E-state index contributed by atoms with van der Waals surface area (Å²) >= 11 is 16.8. The van der Waals surface area contributed by atoms with Gasteiger partial charge in [0.2, 0.25) is 0 Å². The zero-order chi connectivity index (χ0) is 80.6. The van der Waals surface area contributed by atoms with Crippen molar-refractivity contribution in [1.29, 1.82) is 0 Å². The molecule has 25 nitrogen and oxygen atoms in total. The molecule has 0 aliphatic carbocycles. The van der Waals surface area contributed by atoms with E-state index in [1.165, 1.54) is 17.8 Å². The van der Waals surface area contributed by atoms with Gasteiger partial charge in [0.1, 0.15) is 60.3 Å². The van der Waals surface area contributed by atoms with Crippen LogP contribution < -0.4 is 33.2 Å². The second-order valence-corrected chi connectivity index (χ2v) is 35.4. The lowest BCUT2D eigenvalue weighted by Gasteiger charge is -2.21. The van der Waals surface area contributed by atoms with Gasteiger partial charge in [0.25, 0.3) is 0 Å². The summed E-state index contributed by atoms with van der Waals surface area (Å²) in [6.07, 6.45) is 2.23. The molecule has 0 aromatic heterocycles. The van der Waals surface area contributed by atoms with Gasteiger partial charge in [-0.15, -0.1) is 35.3 Å². The SMILES string of the molecule is C.C.C.CC(C)(S)[C@@H](N)C(=O)O.CC(C)(S)[C@@H](N)C(=O)O.CC(C)(S)[C@@H](N)C(=O)O.CC1(C)SC(c2ccc(CO)cc2)N[C@H]1C(=O)O.CC1(C)SC(c2ccccc2)N[C@H]1C(=O)O.CC1(C)SC(c2ccccc2O)N[C@H]1C(=O)O.O=Cc1ccc(CO)cc1.O=Cc1ccccc1.O=Cc1ccccc1O. The summed E-state index contributed by atoms with van der Waals surface area (Å²) in [4.78, 5) is 94.2. The number of aldehydes is 3. The van der Waals surface area contributed by atoms with Crippen LogP contribution in [0.1, 0.15) is 180 Å². The normalized spacial score (nSPS) is 18.7. The number of carboxylic acid groups (broad SMARTS) is 6. The number of para-hydroxylation sites is 2. The Kier molecular flexibility index (Phi) is 47.4. The molecular formula is C77H112N6O19S6.